The van der Waals surface area contributed by atoms with Gasteiger partial charge in [-0.25, -0.2) is 0 Å². The Morgan fingerprint density at radius 1 is 1.62 bits per heavy atom. The molecule has 0 heterocycles. The van der Waals surface area contributed by atoms with Gasteiger partial charge in [0.25, 0.3) is 0 Å². The van der Waals surface area contributed by atoms with Gasteiger partial charge in [-0.3, -0.25) is 0 Å². The van der Waals surface area contributed by atoms with Crippen LogP contribution in [0.3, 0.4) is 0 Å². The van der Waals surface area contributed by atoms with Gasteiger partial charge in [-0.2, -0.15) is 5.26 Å². The van der Waals surface area contributed by atoms with Crippen molar-refractivity contribution in [2.24, 2.45) is 5.41 Å². The van der Waals surface area contributed by atoms with Gasteiger partial charge in [0.15, 0.2) is 0 Å². The normalized spacial score (nSPS) is 20.7. The zero-order chi connectivity index (χ0) is 9.73. The first-order valence-corrected chi connectivity index (χ1v) is 4.94. The van der Waals surface area contributed by atoms with E-state index in [4.69, 9.17) is 10.4 Å². The third-order valence-electron chi connectivity index (χ3n) is 2.82. The summed E-state index contributed by atoms with van der Waals surface area (Å²) in [5.41, 5.74) is 0.360. The predicted octanol–water partition coefficient (Wildman–Crippen LogP) is 1.04. The molecule has 1 unspecified atom stereocenters. The van der Waals surface area contributed by atoms with Crippen molar-refractivity contribution in [1.29, 1.82) is 5.26 Å². The summed E-state index contributed by atoms with van der Waals surface area (Å²) in [7, 11) is 0. The van der Waals surface area contributed by atoms with Gasteiger partial charge in [0, 0.05) is 19.2 Å². The number of nitrogens with one attached hydrogen (secondary N) is 1. The number of hydrogen-bond donors (Lipinski definition) is 2. The minimum absolute atomic E-state index is 0.279. The molecule has 1 saturated carbocycles. The van der Waals surface area contributed by atoms with Gasteiger partial charge in [-0.15, -0.1) is 0 Å². The lowest BCUT2D eigenvalue weighted by Crippen LogP contribution is -2.32. The lowest BCUT2D eigenvalue weighted by molar-refractivity contribution is 0.243. The minimum atomic E-state index is 0.279. The lowest BCUT2D eigenvalue weighted by atomic mass is 10.0. The Bertz CT molecular complexity index is 194. The zero-order valence-electron chi connectivity index (χ0n) is 8.21. The average Bonchev–Trinajstić information content (AvgIpc) is 2.84. The highest BCUT2D eigenvalue weighted by Crippen LogP contribution is 2.47. The topological polar surface area (TPSA) is 56.0 Å². The summed E-state index contributed by atoms with van der Waals surface area (Å²) in [5, 5.41) is 20.6. The highest BCUT2D eigenvalue weighted by atomic mass is 16.3. The molecule has 1 aliphatic carbocycles. The fourth-order valence-electron chi connectivity index (χ4n) is 1.53. The SMILES string of the molecule is CC(CC#N)NCC1(CCO)CC1. The van der Waals surface area contributed by atoms with Gasteiger partial charge in [-0.05, 0) is 31.6 Å². The summed E-state index contributed by atoms with van der Waals surface area (Å²) < 4.78 is 0. The molecule has 0 radical (unpaired) electrons. The number of nitriles is 1. The van der Waals surface area contributed by atoms with Crippen LogP contribution in [-0.4, -0.2) is 24.3 Å². The molecule has 13 heavy (non-hydrogen) atoms. The molecule has 0 saturated heterocycles. The van der Waals surface area contributed by atoms with Crippen LogP contribution in [-0.2, 0) is 0 Å². The number of hydrogen-bond acceptors (Lipinski definition) is 3. The molecule has 0 spiro atoms. The number of rotatable bonds is 6. The molecule has 0 amide bonds. The van der Waals surface area contributed by atoms with E-state index in [0.29, 0.717) is 11.8 Å². The van der Waals surface area contributed by atoms with E-state index in [1.54, 1.807) is 0 Å². The maximum absolute atomic E-state index is 8.83. The monoisotopic (exact) mass is 182 g/mol. The molecule has 1 rings (SSSR count). The second-order valence-corrected chi connectivity index (χ2v) is 4.12. The molecule has 0 aromatic rings. The number of nitrogens with zero attached hydrogens (tertiary/aromatic N) is 1. The first kappa shape index (κ1) is 10.5. The third-order valence-corrected chi connectivity index (χ3v) is 2.82. The van der Waals surface area contributed by atoms with Crippen molar-refractivity contribution in [2.75, 3.05) is 13.2 Å². The van der Waals surface area contributed by atoms with Crippen LogP contribution < -0.4 is 5.32 Å². The van der Waals surface area contributed by atoms with E-state index in [9.17, 15) is 0 Å². The van der Waals surface area contributed by atoms with Crippen LogP contribution in [0.5, 0.6) is 0 Å². The quantitative estimate of drug-likeness (QED) is 0.645. The van der Waals surface area contributed by atoms with Crippen molar-refractivity contribution in [2.45, 2.75) is 38.6 Å². The van der Waals surface area contributed by atoms with Crippen LogP contribution in [0, 0.1) is 16.7 Å². The molecular formula is C10H18N2O. The van der Waals surface area contributed by atoms with Crippen LogP contribution in [0.4, 0.5) is 0 Å². The molecule has 0 aliphatic heterocycles. The minimum Gasteiger partial charge on any atom is -0.396 e. The van der Waals surface area contributed by atoms with E-state index in [-0.39, 0.29) is 12.6 Å². The Kier molecular flexibility index (Phi) is 3.71. The maximum atomic E-state index is 8.83. The molecule has 1 aliphatic rings. The predicted molar refractivity (Wildman–Crippen MR) is 51.1 cm³/mol. The Hall–Kier alpha value is -0.590. The molecule has 0 bridgehead atoms. The first-order valence-electron chi connectivity index (χ1n) is 4.94. The zero-order valence-corrected chi connectivity index (χ0v) is 8.21. The lowest BCUT2D eigenvalue weighted by Gasteiger charge is -2.17. The Morgan fingerprint density at radius 3 is 2.77 bits per heavy atom. The van der Waals surface area contributed by atoms with Crippen LogP contribution in [0.25, 0.3) is 0 Å². The third kappa shape index (κ3) is 3.33. The average molecular weight is 182 g/mol. The van der Waals surface area contributed by atoms with Crippen molar-refractivity contribution >= 4 is 0 Å². The largest absolute Gasteiger partial charge is 0.396 e. The highest BCUT2D eigenvalue weighted by molar-refractivity contribution is 4.95. The Labute approximate surface area is 79.8 Å². The smallest absolute Gasteiger partial charge is 0.0638 e. The molecule has 74 valence electrons. The van der Waals surface area contributed by atoms with Crippen molar-refractivity contribution in [3.8, 4) is 6.07 Å². The van der Waals surface area contributed by atoms with Gasteiger partial charge >= 0.3 is 0 Å². The van der Waals surface area contributed by atoms with Crippen molar-refractivity contribution in [3.63, 3.8) is 0 Å². The highest BCUT2D eigenvalue weighted by Gasteiger charge is 2.41. The van der Waals surface area contributed by atoms with Crippen LogP contribution >= 0.6 is 0 Å². The van der Waals surface area contributed by atoms with Gasteiger partial charge in [0.2, 0.25) is 0 Å². The Morgan fingerprint density at radius 2 is 2.31 bits per heavy atom. The van der Waals surface area contributed by atoms with Gasteiger partial charge in [0.1, 0.15) is 0 Å². The molecule has 2 N–H and O–H groups in total. The summed E-state index contributed by atoms with van der Waals surface area (Å²) in [5.74, 6) is 0. The summed E-state index contributed by atoms with van der Waals surface area (Å²) in [6, 6.07) is 2.42. The summed E-state index contributed by atoms with van der Waals surface area (Å²) in [6.07, 6.45) is 3.91. The summed E-state index contributed by atoms with van der Waals surface area (Å²) >= 11 is 0. The number of aliphatic hydroxyl groups is 1. The van der Waals surface area contributed by atoms with Crippen molar-refractivity contribution in [3.05, 3.63) is 0 Å². The Balaban J connectivity index is 2.15. The van der Waals surface area contributed by atoms with Crippen LogP contribution in [0.2, 0.25) is 0 Å². The molecule has 0 aromatic heterocycles. The second-order valence-electron chi connectivity index (χ2n) is 4.12. The molecule has 3 nitrogen and oxygen atoms in total. The fourth-order valence-corrected chi connectivity index (χ4v) is 1.53. The number of aliphatic hydroxyl groups excluding tert-OH is 1. The summed E-state index contributed by atoms with van der Waals surface area (Å²) in [6.45, 7) is 3.27. The maximum Gasteiger partial charge on any atom is 0.0638 e. The second kappa shape index (κ2) is 4.59. The van der Waals surface area contributed by atoms with E-state index in [0.717, 1.165) is 13.0 Å². The summed E-state index contributed by atoms with van der Waals surface area (Å²) in [4.78, 5) is 0. The van der Waals surface area contributed by atoms with E-state index in [2.05, 4.69) is 11.4 Å². The van der Waals surface area contributed by atoms with Crippen LogP contribution in [0.15, 0.2) is 0 Å². The van der Waals surface area contributed by atoms with E-state index >= 15 is 0 Å². The van der Waals surface area contributed by atoms with E-state index in [1.807, 2.05) is 6.92 Å². The van der Waals surface area contributed by atoms with Crippen molar-refractivity contribution in [1.82, 2.24) is 5.32 Å². The molecular weight excluding hydrogens is 164 g/mol. The van der Waals surface area contributed by atoms with Gasteiger partial charge in [0.05, 0.1) is 12.5 Å². The van der Waals surface area contributed by atoms with Crippen molar-refractivity contribution < 1.29 is 5.11 Å². The van der Waals surface area contributed by atoms with Gasteiger partial charge < -0.3 is 10.4 Å². The molecule has 0 aromatic carbocycles. The van der Waals surface area contributed by atoms with Crippen LogP contribution in [0.1, 0.15) is 32.6 Å². The first-order chi connectivity index (χ1) is 6.22. The fraction of sp³-hybridized carbons (Fsp3) is 0.900. The molecule has 1 fully saturated rings. The van der Waals surface area contributed by atoms with E-state index < -0.39 is 0 Å². The molecule has 3 heteroatoms. The standard InChI is InChI=1S/C10H18N2O/c1-9(2-6-11)12-8-10(3-4-10)5-7-13/h9,12-13H,2-5,7-8H2,1H3. The molecule has 1 atom stereocenters. The van der Waals surface area contributed by atoms with Gasteiger partial charge in [-0.1, -0.05) is 0 Å². The van der Waals surface area contributed by atoms with E-state index in [1.165, 1.54) is 12.8 Å².